The first-order chi connectivity index (χ1) is 14.2. The van der Waals surface area contributed by atoms with Gasteiger partial charge in [-0.1, -0.05) is 76.2 Å². The number of nitrogens with zero attached hydrogens (tertiary/aromatic N) is 2. The summed E-state index contributed by atoms with van der Waals surface area (Å²) in [6.07, 6.45) is 4.64. The zero-order valence-corrected chi connectivity index (χ0v) is 20.7. The summed E-state index contributed by atoms with van der Waals surface area (Å²) in [6, 6.07) is 12.0. The maximum absolute atomic E-state index is 10.9. The maximum atomic E-state index is 10.9. The summed E-state index contributed by atoms with van der Waals surface area (Å²) in [7, 11) is 0.979. The molecule has 0 saturated carbocycles. The molecule has 2 atom stereocenters. The summed E-state index contributed by atoms with van der Waals surface area (Å²) < 4.78 is 0. The summed E-state index contributed by atoms with van der Waals surface area (Å²) >= 11 is 6.04. The van der Waals surface area contributed by atoms with Crippen LogP contribution in [0.15, 0.2) is 42.6 Å². The molecule has 163 valence electrons. The lowest BCUT2D eigenvalue weighted by Gasteiger charge is -2.38. The number of hydrogen-bond donors (Lipinski definition) is 0. The van der Waals surface area contributed by atoms with E-state index in [0.29, 0.717) is 16.3 Å². The van der Waals surface area contributed by atoms with Gasteiger partial charge in [-0.15, -0.1) is 0 Å². The molecule has 0 fully saturated rings. The van der Waals surface area contributed by atoms with Crippen LogP contribution in [0.3, 0.4) is 0 Å². The molecule has 0 aliphatic heterocycles. The topological polar surface area (TPSA) is 42.4 Å². The van der Waals surface area contributed by atoms with E-state index < -0.39 is 8.80 Å². The minimum atomic E-state index is -0.779. The normalized spacial score (nSPS) is 14.2. The molecule has 0 saturated heterocycles. The Kier molecular flexibility index (Phi) is 9.23. The van der Waals surface area contributed by atoms with E-state index in [1.165, 1.54) is 11.1 Å². The van der Waals surface area contributed by atoms with E-state index in [9.17, 15) is 4.79 Å². The summed E-state index contributed by atoms with van der Waals surface area (Å²) in [5.74, 6) is 0. The van der Waals surface area contributed by atoms with Crippen molar-refractivity contribution in [2.75, 3.05) is 13.7 Å². The molecular formula is C24H34ClN2O2Si. The SMILES string of the molecule is CC[C@@H](Cc1ccc(C=O)cc1)N(C[C@@H](c1ccc(Cl)nc1)[Si](C)C(C)(C)C)OC. The van der Waals surface area contributed by atoms with Crippen LogP contribution in [0, 0.1) is 0 Å². The minimum Gasteiger partial charge on any atom is -0.302 e. The Morgan fingerprint density at radius 2 is 1.87 bits per heavy atom. The predicted octanol–water partition coefficient (Wildman–Crippen LogP) is 5.98. The number of carbonyl (C=O) groups is 1. The van der Waals surface area contributed by atoms with Gasteiger partial charge in [0.15, 0.2) is 0 Å². The second kappa shape index (κ2) is 11.2. The van der Waals surface area contributed by atoms with Crippen LogP contribution < -0.4 is 0 Å². The molecule has 6 heteroatoms. The zero-order chi connectivity index (χ0) is 22.3. The fourth-order valence-corrected chi connectivity index (χ4v) is 5.90. The molecule has 2 aromatic rings. The van der Waals surface area contributed by atoms with E-state index in [1.807, 2.05) is 36.5 Å². The highest BCUT2D eigenvalue weighted by Crippen LogP contribution is 2.36. The predicted molar refractivity (Wildman–Crippen MR) is 127 cm³/mol. The number of halogens is 1. The lowest BCUT2D eigenvalue weighted by Crippen LogP contribution is -2.43. The molecule has 0 aliphatic rings. The molecule has 0 spiro atoms. The van der Waals surface area contributed by atoms with Gasteiger partial charge in [0.05, 0.1) is 15.9 Å². The molecule has 0 N–H and O–H groups in total. The summed E-state index contributed by atoms with van der Waals surface area (Å²) in [6.45, 7) is 12.4. The van der Waals surface area contributed by atoms with Crippen LogP contribution in [0.1, 0.15) is 61.1 Å². The Hall–Kier alpha value is -1.53. The highest BCUT2D eigenvalue weighted by molar-refractivity contribution is 6.62. The third-order valence-electron chi connectivity index (χ3n) is 5.92. The number of carbonyl (C=O) groups excluding carboxylic acids is 1. The van der Waals surface area contributed by atoms with Crippen molar-refractivity contribution in [3.8, 4) is 0 Å². The van der Waals surface area contributed by atoms with Crippen LogP contribution in [0.2, 0.25) is 16.7 Å². The number of hydrogen-bond acceptors (Lipinski definition) is 4. The Bertz CT molecular complexity index is 790. The number of pyridine rings is 1. The first kappa shape index (κ1) is 24.7. The van der Waals surface area contributed by atoms with Gasteiger partial charge in [-0.2, -0.15) is 5.06 Å². The highest BCUT2D eigenvalue weighted by atomic mass is 35.5. The van der Waals surface area contributed by atoms with Gasteiger partial charge in [0.2, 0.25) is 0 Å². The van der Waals surface area contributed by atoms with Crippen molar-refractivity contribution in [1.82, 2.24) is 10.0 Å². The van der Waals surface area contributed by atoms with Crippen molar-refractivity contribution in [3.63, 3.8) is 0 Å². The molecule has 1 aromatic carbocycles. The summed E-state index contributed by atoms with van der Waals surface area (Å²) in [5, 5.41) is 2.89. The third kappa shape index (κ3) is 6.74. The average Bonchev–Trinajstić information content (AvgIpc) is 2.73. The average molecular weight is 446 g/mol. The van der Waals surface area contributed by atoms with E-state index in [2.05, 4.69) is 50.4 Å². The van der Waals surface area contributed by atoms with E-state index >= 15 is 0 Å². The standard InChI is InChI=1S/C24H34ClN2O2Si/c1-7-21(14-18-8-10-19(17-28)11-9-18)27(29-5)16-22(30(6)24(2,3)4)20-12-13-23(25)26-15-20/h8-13,15,17,21-22H,7,14,16H2,1-6H3/t21-,22-/m0/s1. The molecule has 0 aliphatic carbocycles. The largest absolute Gasteiger partial charge is 0.302 e. The number of rotatable bonds is 10. The Labute approximate surface area is 188 Å². The van der Waals surface area contributed by atoms with Crippen molar-refractivity contribution < 1.29 is 9.63 Å². The number of benzene rings is 1. The number of hydroxylamine groups is 2. The van der Waals surface area contributed by atoms with Crippen molar-refractivity contribution in [3.05, 3.63) is 64.4 Å². The summed E-state index contributed by atoms with van der Waals surface area (Å²) in [4.78, 5) is 21.2. The van der Waals surface area contributed by atoms with Gasteiger partial charge in [-0.05, 0) is 40.6 Å². The van der Waals surface area contributed by atoms with Crippen molar-refractivity contribution in [2.45, 2.75) is 63.7 Å². The molecule has 1 heterocycles. The van der Waals surface area contributed by atoms with Crippen LogP contribution in [0.5, 0.6) is 0 Å². The van der Waals surface area contributed by atoms with Gasteiger partial charge < -0.3 is 4.84 Å². The molecule has 0 amide bonds. The van der Waals surface area contributed by atoms with Gasteiger partial charge in [-0.25, -0.2) is 4.98 Å². The van der Waals surface area contributed by atoms with Crippen molar-refractivity contribution in [1.29, 1.82) is 0 Å². The third-order valence-corrected chi connectivity index (χ3v) is 10.1. The highest BCUT2D eigenvalue weighted by Gasteiger charge is 2.34. The fourth-order valence-electron chi connectivity index (χ4n) is 3.62. The first-order valence-corrected chi connectivity index (χ1v) is 12.9. The molecule has 1 aromatic heterocycles. The van der Waals surface area contributed by atoms with E-state index in [0.717, 1.165) is 25.7 Å². The Balaban J connectivity index is 2.26. The first-order valence-electron chi connectivity index (χ1n) is 10.5. The molecule has 0 bridgehead atoms. The van der Waals surface area contributed by atoms with Gasteiger partial charge in [0.1, 0.15) is 11.4 Å². The van der Waals surface area contributed by atoms with Crippen LogP contribution in [0.4, 0.5) is 0 Å². The molecular weight excluding hydrogens is 412 g/mol. The number of aldehydes is 1. The van der Waals surface area contributed by atoms with Gasteiger partial charge in [0, 0.05) is 24.3 Å². The molecule has 4 nitrogen and oxygen atoms in total. The maximum Gasteiger partial charge on any atom is 0.150 e. The lowest BCUT2D eigenvalue weighted by atomic mass is 10.0. The monoisotopic (exact) mass is 445 g/mol. The second-order valence-corrected chi connectivity index (χ2v) is 12.8. The summed E-state index contributed by atoms with van der Waals surface area (Å²) in [5.41, 5.74) is 3.48. The lowest BCUT2D eigenvalue weighted by molar-refractivity contribution is -0.162. The Morgan fingerprint density at radius 1 is 1.20 bits per heavy atom. The van der Waals surface area contributed by atoms with Crippen LogP contribution in [-0.4, -0.2) is 44.8 Å². The van der Waals surface area contributed by atoms with Gasteiger partial charge in [0.25, 0.3) is 0 Å². The van der Waals surface area contributed by atoms with Crippen LogP contribution in [0.25, 0.3) is 0 Å². The van der Waals surface area contributed by atoms with Crippen molar-refractivity contribution >= 4 is 26.7 Å². The van der Waals surface area contributed by atoms with E-state index in [4.69, 9.17) is 16.4 Å². The minimum absolute atomic E-state index is 0.237. The van der Waals surface area contributed by atoms with Crippen LogP contribution >= 0.6 is 11.6 Å². The van der Waals surface area contributed by atoms with Gasteiger partial charge in [-0.3, -0.25) is 4.79 Å². The van der Waals surface area contributed by atoms with Crippen molar-refractivity contribution in [2.24, 2.45) is 0 Å². The second-order valence-electron chi connectivity index (χ2n) is 8.81. The van der Waals surface area contributed by atoms with Crippen LogP contribution in [-0.2, 0) is 11.3 Å². The smallest absolute Gasteiger partial charge is 0.150 e. The molecule has 30 heavy (non-hydrogen) atoms. The molecule has 2 rings (SSSR count). The van der Waals surface area contributed by atoms with Gasteiger partial charge >= 0.3 is 0 Å². The zero-order valence-electron chi connectivity index (χ0n) is 19.0. The fraction of sp³-hybridized carbons (Fsp3) is 0.500. The quantitative estimate of drug-likeness (QED) is 0.195. The molecule has 0 unspecified atom stereocenters. The number of aromatic nitrogens is 1. The Morgan fingerprint density at radius 3 is 2.33 bits per heavy atom. The molecule has 1 radical (unpaired) electrons. The van der Waals surface area contributed by atoms with E-state index in [-0.39, 0.29) is 11.1 Å². The van der Waals surface area contributed by atoms with E-state index in [1.54, 1.807) is 7.11 Å².